The summed E-state index contributed by atoms with van der Waals surface area (Å²) in [6.45, 7) is 9.69. The Morgan fingerprint density at radius 2 is 1.72 bits per heavy atom. The molecule has 4 nitrogen and oxygen atoms in total. The first-order chi connectivity index (χ1) is 8.58. The van der Waals surface area contributed by atoms with E-state index in [2.05, 4.69) is 54.6 Å². The molecule has 0 saturated carbocycles. The number of nitrogens with two attached hydrogens (primary N) is 1. The van der Waals surface area contributed by atoms with Crippen LogP contribution in [0.5, 0.6) is 0 Å². The molecule has 2 N–H and O–H groups in total. The Hall–Kier alpha value is -1.68. The van der Waals surface area contributed by atoms with Gasteiger partial charge in [-0.15, -0.1) is 10.2 Å². The zero-order valence-corrected chi connectivity index (χ0v) is 11.5. The Morgan fingerprint density at radius 1 is 1.11 bits per heavy atom. The van der Waals surface area contributed by atoms with Gasteiger partial charge in [-0.1, -0.05) is 17.7 Å². The lowest BCUT2D eigenvalue weighted by atomic mass is 9.99. The quantitative estimate of drug-likeness (QED) is 0.901. The Morgan fingerprint density at radius 3 is 2.22 bits per heavy atom. The molecule has 0 amide bonds. The number of rotatable bonds is 3. The summed E-state index contributed by atoms with van der Waals surface area (Å²) in [4.78, 5) is 0. The SMILES string of the molecule is CCn1c(CN)nnc1-c1c(C)cc(C)cc1C. The lowest BCUT2D eigenvalue weighted by Crippen LogP contribution is -2.09. The monoisotopic (exact) mass is 244 g/mol. The summed E-state index contributed by atoms with van der Waals surface area (Å²) in [6.07, 6.45) is 0. The largest absolute Gasteiger partial charge is 0.324 e. The molecule has 0 aliphatic heterocycles. The fraction of sp³-hybridized carbons (Fsp3) is 0.429. The molecule has 4 heteroatoms. The van der Waals surface area contributed by atoms with E-state index >= 15 is 0 Å². The van der Waals surface area contributed by atoms with Crippen LogP contribution in [0.2, 0.25) is 0 Å². The van der Waals surface area contributed by atoms with Crippen molar-refractivity contribution in [2.75, 3.05) is 0 Å². The molecular formula is C14H20N4. The lowest BCUT2D eigenvalue weighted by molar-refractivity contribution is 0.704. The fourth-order valence-corrected chi connectivity index (χ4v) is 2.54. The van der Waals surface area contributed by atoms with Gasteiger partial charge in [-0.2, -0.15) is 0 Å². The van der Waals surface area contributed by atoms with Crippen LogP contribution in [-0.2, 0) is 13.1 Å². The third-order valence-corrected chi connectivity index (χ3v) is 3.23. The molecule has 1 aromatic heterocycles. The highest BCUT2D eigenvalue weighted by atomic mass is 15.3. The Balaban J connectivity index is 2.66. The van der Waals surface area contributed by atoms with Gasteiger partial charge in [0.05, 0.1) is 6.54 Å². The summed E-state index contributed by atoms with van der Waals surface area (Å²) in [7, 11) is 0. The molecule has 0 atom stereocenters. The molecule has 0 unspecified atom stereocenters. The number of benzene rings is 1. The average Bonchev–Trinajstić information content (AvgIpc) is 2.70. The Kier molecular flexibility index (Phi) is 3.48. The first kappa shape index (κ1) is 12.8. The third kappa shape index (κ3) is 2.04. The van der Waals surface area contributed by atoms with Crippen molar-refractivity contribution in [3.8, 4) is 11.4 Å². The van der Waals surface area contributed by atoms with Gasteiger partial charge in [-0.25, -0.2) is 0 Å². The molecule has 1 heterocycles. The fourth-order valence-electron chi connectivity index (χ4n) is 2.54. The second-order valence-electron chi connectivity index (χ2n) is 4.66. The van der Waals surface area contributed by atoms with E-state index in [0.717, 1.165) is 18.2 Å². The highest BCUT2D eigenvalue weighted by Gasteiger charge is 2.15. The van der Waals surface area contributed by atoms with Crippen LogP contribution in [0.15, 0.2) is 12.1 Å². The molecule has 0 aliphatic rings. The molecule has 96 valence electrons. The summed E-state index contributed by atoms with van der Waals surface area (Å²) < 4.78 is 2.09. The molecule has 0 radical (unpaired) electrons. The molecule has 0 spiro atoms. The minimum atomic E-state index is 0.421. The normalized spacial score (nSPS) is 10.9. The van der Waals surface area contributed by atoms with Gasteiger partial charge >= 0.3 is 0 Å². The second-order valence-corrected chi connectivity index (χ2v) is 4.66. The van der Waals surface area contributed by atoms with E-state index in [-0.39, 0.29) is 0 Å². The molecular weight excluding hydrogens is 224 g/mol. The van der Waals surface area contributed by atoms with Crippen molar-refractivity contribution < 1.29 is 0 Å². The maximum Gasteiger partial charge on any atom is 0.164 e. The highest BCUT2D eigenvalue weighted by molar-refractivity contribution is 5.65. The predicted molar refractivity (Wildman–Crippen MR) is 73.2 cm³/mol. The lowest BCUT2D eigenvalue weighted by Gasteiger charge is -2.12. The minimum absolute atomic E-state index is 0.421. The van der Waals surface area contributed by atoms with E-state index < -0.39 is 0 Å². The van der Waals surface area contributed by atoms with E-state index in [1.807, 2.05) is 0 Å². The van der Waals surface area contributed by atoms with Gasteiger partial charge in [0.15, 0.2) is 5.82 Å². The second kappa shape index (κ2) is 4.90. The van der Waals surface area contributed by atoms with Crippen LogP contribution < -0.4 is 5.73 Å². The summed E-state index contributed by atoms with van der Waals surface area (Å²) in [5, 5.41) is 8.49. The topological polar surface area (TPSA) is 56.7 Å². The van der Waals surface area contributed by atoms with Gasteiger partial charge in [0.1, 0.15) is 5.82 Å². The number of nitrogens with zero attached hydrogens (tertiary/aromatic N) is 3. The van der Waals surface area contributed by atoms with Gasteiger partial charge in [0.2, 0.25) is 0 Å². The molecule has 0 bridgehead atoms. The molecule has 2 aromatic rings. The van der Waals surface area contributed by atoms with Crippen molar-refractivity contribution in [2.45, 2.75) is 40.8 Å². The zero-order valence-electron chi connectivity index (χ0n) is 11.5. The van der Waals surface area contributed by atoms with Crippen LogP contribution in [0.25, 0.3) is 11.4 Å². The van der Waals surface area contributed by atoms with E-state index in [4.69, 9.17) is 5.73 Å². The van der Waals surface area contributed by atoms with E-state index in [1.165, 1.54) is 22.3 Å². The first-order valence-corrected chi connectivity index (χ1v) is 6.28. The molecule has 0 aliphatic carbocycles. The first-order valence-electron chi connectivity index (χ1n) is 6.28. The minimum Gasteiger partial charge on any atom is -0.324 e. The van der Waals surface area contributed by atoms with Crippen molar-refractivity contribution in [2.24, 2.45) is 5.73 Å². The Bertz CT molecular complexity index is 546. The van der Waals surface area contributed by atoms with Gasteiger partial charge in [-0.05, 0) is 38.8 Å². The van der Waals surface area contributed by atoms with Crippen molar-refractivity contribution in [3.63, 3.8) is 0 Å². The smallest absolute Gasteiger partial charge is 0.164 e. The molecule has 18 heavy (non-hydrogen) atoms. The van der Waals surface area contributed by atoms with Crippen LogP contribution in [0.4, 0.5) is 0 Å². The van der Waals surface area contributed by atoms with Crippen molar-refractivity contribution in [1.29, 1.82) is 0 Å². The van der Waals surface area contributed by atoms with Crippen LogP contribution in [0, 0.1) is 20.8 Å². The predicted octanol–water partition coefficient (Wildman–Crippen LogP) is 2.35. The van der Waals surface area contributed by atoms with Gasteiger partial charge in [0, 0.05) is 12.1 Å². The summed E-state index contributed by atoms with van der Waals surface area (Å²) >= 11 is 0. The van der Waals surface area contributed by atoms with Crippen LogP contribution >= 0.6 is 0 Å². The van der Waals surface area contributed by atoms with Crippen LogP contribution in [0.1, 0.15) is 29.4 Å². The molecule has 2 rings (SSSR count). The van der Waals surface area contributed by atoms with Crippen molar-refractivity contribution in [3.05, 3.63) is 34.6 Å². The highest BCUT2D eigenvalue weighted by Crippen LogP contribution is 2.27. The standard InChI is InChI=1S/C14H20N4/c1-5-18-12(8-15)16-17-14(18)13-10(3)6-9(2)7-11(13)4/h6-7H,5,8,15H2,1-4H3. The zero-order chi connectivity index (χ0) is 13.3. The van der Waals surface area contributed by atoms with Gasteiger partial charge in [0.25, 0.3) is 0 Å². The van der Waals surface area contributed by atoms with Crippen LogP contribution in [-0.4, -0.2) is 14.8 Å². The Labute approximate surface area is 108 Å². The maximum atomic E-state index is 5.69. The number of hydrogen-bond donors (Lipinski definition) is 1. The molecule has 0 fully saturated rings. The summed E-state index contributed by atoms with van der Waals surface area (Å²) in [5.74, 6) is 1.76. The number of aryl methyl sites for hydroxylation is 3. The van der Waals surface area contributed by atoms with E-state index in [9.17, 15) is 0 Å². The maximum absolute atomic E-state index is 5.69. The third-order valence-electron chi connectivity index (χ3n) is 3.23. The van der Waals surface area contributed by atoms with E-state index in [1.54, 1.807) is 0 Å². The molecule has 0 saturated heterocycles. The number of hydrogen-bond acceptors (Lipinski definition) is 3. The van der Waals surface area contributed by atoms with Gasteiger partial charge < -0.3 is 10.3 Å². The van der Waals surface area contributed by atoms with Crippen molar-refractivity contribution in [1.82, 2.24) is 14.8 Å². The van der Waals surface area contributed by atoms with E-state index in [0.29, 0.717) is 6.54 Å². The van der Waals surface area contributed by atoms with Crippen molar-refractivity contribution >= 4 is 0 Å². The van der Waals surface area contributed by atoms with Gasteiger partial charge in [-0.3, -0.25) is 0 Å². The van der Waals surface area contributed by atoms with Crippen LogP contribution in [0.3, 0.4) is 0 Å². The average molecular weight is 244 g/mol. The summed E-state index contributed by atoms with van der Waals surface area (Å²) in [6, 6.07) is 4.36. The molecule has 1 aromatic carbocycles. The summed E-state index contributed by atoms with van der Waals surface area (Å²) in [5.41, 5.74) is 10.6. The number of aromatic nitrogens is 3.